The summed E-state index contributed by atoms with van der Waals surface area (Å²) in [4.78, 5) is 14.3. The number of hydrogen-bond donors (Lipinski definition) is 0. The number of carbonyl (C=O) groups excluding carboxylic acids is 1. The van der Waals surface area contributed by atoms with E-state index in [1.54, 1.807) is 34.8 Å². The predicted octanol–water partition coefficient (Wildman–Crippen LogP) is 5.20. The molecule has 0 saturated carbocycles. The van der Waals surface area contributed by atoms with E-state index in [-0.39, 0.29) is 5.78 Å². The number of ether oxygens (including phenoxy) is 1. The summed E-state index contributed by atoms with van der Waals surface area (Å²) in [6.45, 7) is 0. The molecule has 0 unspecified atom stereocenters. The standard InChI is InChI=1S/C18H14O2S2/c1-20-15-9-7-14(8-10-15)18-12-16(21-22-18)11-17(19)13-5-3-2-4-6-13/h2-12H,1H3/b16-11+. The van der Waals surface area contributed by atoms with Gasteiger partial charge in [-0.05, 0) is 23.8 Å². The summed E-state index contributed by atoms with van der Waals surface area (Å²) in [5, 5.41) is 0. The maximum Gasteiger partial charge on any atom is 0.186 e. The Hall–Kier alpha value is -1.91. The summed E-state index contributed by atoms with van der Waals surface area (Å²) in [6.07, 6.45) is 3.75. The molecule has 1 heterocycles. The average Bonchev–Trinajstić information content (AvgIpc) is 3.04. The van der Waals surface area contributed by atoms with Crippen molar-refractivity contribution in [2.75, 3.05) is 7.11 Å². The van der Waals surface area contributed by atoms with Crippen LogP contribution in [0, 0.1) is 0 Å². The molecule has 0 saturated heterocycles. The molecule has 0 aromatic heterocycles. The Kier molecular flexibility index (Phi) is 4.71. The normalized spacial score (nSPS) is 15.7. The summed E-state index contributed by atoms with van der Waals surface area (Å²) >= 11 is 0. The second kappa shape index (κ2) is 6.90. The monoisotopic (exact) mass is 326 g/mol. The second-order valence-corrected chi connectivity index (χ2v) is 6.93. The lowest BCUT2D eigenvalue weighted by Crippen LogP contribution is -1.93. The van der Waals surface area contributed by atoms with E-state index in [2.05, 4.69) is 6.08 Å². The summed E-state index contributed by atoms with van der Waals surface area (Å²) < 4.78 is 5.17. The molecule has 110 valence electrons. The molecule has 0 spiro atoms. The van der Waals surface area contributed by atoms with Gasteiger partial charge in [-0.2, -0.15) is 0 Å². The quantitative estimate of drug-likeness (QED) is 0.438. The summed E-state index contributed by atoms with van der Waals surface area (Å²) in [7, 11) is 4.94. The molecule has 0 aliphatic carbocycles. The van der Waals surface area contributed by atoms with E-state index < -0.39 is 0 Å². The van der Waals surface area contributed by atoms with Crippen LogP contribution in [0.1, 0.15) is 15.9 Å². The maximum absolute atomic E-state index is 12.2. The van der Waals surface area contributed by atoms with Gasteiger partial charge >= 0.3 is 0 Å². The van der Waals surface area contributed by atoms with Gasteiger partial charge in [0.25, 0.3) is 0 Å². The number of hydrogen-bond acceptors (Lipinski definition) is 4. The van der Waals surface area contributed by atoms with Crippen molar-refractivity contribution in [1.29, 1.82) is 0 Å². The number of methoxy groups -OCH3 is 1. The lowest BCUT2D eigenvalue weighted by atomic mass is 10.1. The Morgan fingerprint density at radius 2 is 1.73 bits per heavy atom. The van der Waals surface area contributed by atoms with Crippen LogP contribution in [0.4, 0.5) is 0 Å². The lowest BCUT2D eigenvalue weighted by Gasteiger charge is -2.02. The highest BCUT2D eigenvalue weighted by Crippen LogP contribution is 2.49. The molecule has 3 rings (SSSR count). The average molecular weight is 326 g/mol. The first-order valence-electron chi connectivity index (χ1n) is 6.78. The number of benzene rings is 2. The number of carbonyl (C=O) groups is 1. The van der Waals surface area contributed by atoms with Crippen LogP contribution in [0.15, 0.2) is 71.7 Å². The molecule has 1 aliphatic rings. The van der Waals surface area contributed by atoms with Gasteiger partial charge in [0.2, 0.25) is 0 Å². The summed E-state index contributed by atoms with van der Waals surface area (Å²) in [5.74, 6) is 0.881. The Balaban J connectivity index is 1.78. The second-order valence-electron chi connectivity index (χ2n) is 4.68. The van der Waals surface area contributed by atoms with Crippen molar-refractivity contribution in [3.05, 3.63) is 82.8 Å². The van der Waals surface area contributed by atoms with E-state index in [4.69, 9.17) is 4.74 Å². The molecule has 0 atom stereocenters. The molecular formula is C18H14O2S2. The van der Waals surface area contributed by atoms with Crippen molar-refractivity contribution in [3.63, 3.8) is 0 Å². The van der Waals surface area contributed by atoms with Crippen molar-refractivity contribution in [2.45, 2.75) is 0 Å². The molecule has 0 amide bonds. The van der Waals surface area contributed by atoms with Gasteiger partial charge in [-0.25, -0.2) is 0 Å². The lowest BCUT2D eigenvalue weighted by molar-refractivity contribution is 0.104. The number of ketones is 1. The molecule has 2 aromatic carbocycles. The SMILES string of the molecule is COc1ccc(C2=C/C(=C\C(=O)c3ccccc3)SS2)cc1. The smallest absolute Gasteiger partial charge is 0.186 e. The highest BCUT2D eigenvalue weighted by atomic mass is 33.1. The third kappa shape index (κ3) is 3.46. The van der Waals surface area contributed by atoms with E-state index >= 15 is 0 Å². The Morgan fingerprint density at radius 1 is 1.00 bits per heavy atom. The van der Waals surface area contributed by atoms with Gasteiger partial charge in [-0.1, -0.05) is 64.1 Å². The van der Waals surface area contributed by atoms with E-state index in [1.807, 2.05) is 54.6 Å². The number of rotatable bonds is 4. The highest BCUT2D eigenvalue weighted by molar-refractivity contribution is 8.82. The highest BCUT2D eigenvalue weighted by Gasteiger charge is 2.15. The topological polar surface area (TPSA) is 26.3 Å². The fourth-order valence-electron chi connectivity index (χ4n) is 2.04. The van der Waals surface area contributed by atoms with Crippen LogP contribution in [0.2, 0.25) is 0 Å². The molecule has 1 aliphatic heterocycles. The number of allylic oxidation sites excluding steroid dienone is 2. The minimum atomic E-state index is 0.0379. The van der Waals surface area contributed by atoms with Gasteiger partial charge < -0.3 is 4.74 Å². The van der Waals surface area contributed by atoms with Crippen LogP contribution in [-0.2, 0) is 0 Å². The largest absolute Gasteiger partial charge is 0.497 e. The minimum absolute atomic E-state index is 0.0379. The van der Waals surface area contributed by atoms with Crippen LogP contribution in [0.25, 0.3) is 4.91 Å². The molecule has 0 radical (unpaired) electrons. The first kappa shape index (κ1) is 15.0. The molecule has 0 fully saturated rings. The van der Waals surface area contributed by atoms with Gasteiger partial charge in [-0.15, -0.1) is 0 Å². The van der Waals surface area contributed by atoms with Gasteiger partial charge in [0.1, 0.15) is 5.75 Å². The zero-order chi connectivity index (χ0) is 15.4. The van der Waals surface area contributed by atoms with Crippen LogP contribution in [-0.4, -0.2) is 12.9 Å². The van der Waals surface area contributed by atoms with Crippen molar-refractivity contribution >= 4 is 32.3 Å². The van der Waals surface area contributed by atoms with Crippen molar-refractivity contribution in [2.24, 2.45) is 0 Å². The van der Waals surface area contributed by atoms with E-state index in [0.29, 0.717) is 5.56 Å². The first-order chi connectivity index (χ1) is 10.8. The predicted molar refractivity (Wildman–Crippen MR) is 95.0 cm³/mol. The summed E-state index contributed by atoms with van der Waals surface area (Å²) in [6, 6.07) is 17.3. The Bertz CT molecular complexity index is 731. The van der Waals surface area contributed by atoms with Crippen molar-refractivity contribution in [3.8, 4) is 5.75 Å². The van der Waals surface area contributed by atoms with E-state index in [9.17, 15) is 4.79 Å². The molecule has 0 bridgehead atoms. The first-order valence-corrected chi connectivity index (χ1v) is 8.93. The van der Waals surface area contributed by atoms with Crippen LogP contribution in [0.3, 0.4) is 0 Å². The Morgan fingerprint density at radius 3 is 2.41 bits per heavy atom. The molecule has 2 nitrogen and oxygen atoms in total. The zero-order valence-corrected chi connectivity index (χ0v) is 13.6. The Labute approximate surface area is 137 Å². The van der Waals surface area contributed by atoms with Gasteiger partial charge in [-0.3, -0.25) is 4.79 Å². The van der Waals surface area contributed by atoms with E-state index in [0.717, 1.165) is 21.1 Å². The molecule has 0 N–H and O–H groups in total. The van der Waals surface area contributed by atoms with Crippen LogP contribution < -0.4 is 4.74 Å². The fourth-order valence-corrected chi connectivity index (χ4v) is 4.31. The van der Waals surface area contributed by atoms with Gasteiger partial charge in [0.15, 0.2) is 5.78 Å². The zero-order valence-electron chi connectivity index (χ0n) is 12.0. The van der Waals surface area contributed by atoms with Gasteiger partial charge in [0.05, 0.1) is 7.11 Å². The minimum Gasteiger partial charge on any atom is -0.497 e. The molecule has 4 heteroatoms. The fraction of sp³-hybridized carbons (Fsp3) is 0.0556. The molecule has 22 heavy (non-hydrogen) atoms. The van der Waals surface area contributed by atoms with Crippen LogP contribution >= 0.6 is 21.6 Å². The third-order valence-corrected chi connectivity index (χ3v) is 5.62. The van der Waals surface area contributed by atoms with Gasteiger partial charge in [0, 0.05) is 21.4 Å². The van der Waals surface area contributed by atoms with Crippen molar-refractivity contribution in [1.82, 2.24) is 0 Å². The van der Waals surface area contributed by atoms with Crippen molar-refractivity contribution < 1.29 is 9.53 Å². The van der Waals surface area contributed by atoms with Crippen LogP contribution in [0.5, 0.6) is 5.75 Å². The third-order valence-electron chi connectivity index (χ3n) is 3.21. The van der Waals surface area contributed by atoms with E-state index in [1.165, 1.54) is 0 Å². The molecule has 2 aromatic rings. The molecular weight excluding hydrogens is 312 g/mol. The summed E-state index contributed by atoms with van der Waals surface area (Å²) in [5.41, 5.74) is 1.85. The maximum atomic E-state index is 12.2.